The molecule has 0 fully saturated rings. The molecule has 4 heteroatoms. The van der Waals surface area contributed by atoms with Gasteiger partial charge < -0.3 is 10.2 Å². The number of unbranched alkanes of at least 4 members (excludes halogenated alkanes) is 1. The molecule has 1 atom stereocenters. The number of aromatic nitrogens is 1. The van der Waals surface area contributed by atoms with Gasteiger partial charge in [-0.15, -0.1) is 11.3 Å². The molecule has 0 saturated heterocycles. The fraction of sp³-hybridized carbons (Fsp3) is 0.727. The van der Waals surface area contributed by atoms with Gasteiger partial charge >= 0.3 is 0 Å². The maximum absolute atomic E-state index is 4.62. The summed E-state index contributed by atoms with van der Waals surface area (Å²) in [6.45, 7) is 5.44. The largest absolute Gasteiger partial charge is 0.351 e. The van der Waals surface area contributed by atoms with Crippen LogP contribution in [0.2, 0.25) is 0 Å². The molecule has 1 aromatic rings. The number of anilines is 1. The normalized spacial score (nSPS) is 12.8. The highest BCUT2D eigenvalue weighted by Gasteiger charge is 2.10. The van der Waals surface area contributed by atoms with Crippen LogP contribution in [0.5, 0.6) is 0 Å². The average Bonchev–Trinajstić information content (AvgIpc) is 2.74. The van der Waals surface area contributed by atoms with Crippen molar-refractivity contribution in [3.8, 4) is 0 Å². The lowest BCUT2D eigenvalue weighted by molar-refractivity contribution is 0.635. The molecular weight excluding hydrogens is 206 g/mol. The Hall–Kier alpha value is -0.610. The summed E-state index contributed by atoms with van der Waals surface area (Å²) in [5, 5.41) is 6.47. The molecule has 0 aromatic carbocycles. The van der Waals surface area contributed by atoms with Crippen LogP contribution < -0.4 is 10.2 Å². The first kappa shape index (κ1) is 12.5. The van der Waals surface area contributed by atoms with Gasteiger partial charge in [-0.1, -0.05) is 13.3 Å². The summed E-state index contributed by atoms with van der Waals surface area (Å²) in [6, 6.07) is 0.342. The van der Waals surface area contributed by atoms with Crippen LogP contribution in [0.4, 0.5) is 5.13 Å². The van der Waals surface area contributed by atoms with Gasteiger partial charge in [0, 0.05) is 25.0 Å². The van der Waals surface area contributed by atoms with E-state index in [0.717, 1.165) is 17.4 Å². The van der Waals surface area contributed by atoms with E-state index in [2.05, 4.69) is 41.5 Å². The summed E-state index contributed by atoms with van der Waals surface area (Å²) < 4.78 is 0. The zero-order valence-electron chi connectivity index (χ0n) is 10.1. The molecule has 1 rings (SSSR count). The van der Waals surface area contributed by atoms with Crippen LogP contribution in [-0.4, -0.2) is 25.6 Å². The third-order valence-electron chi connectivity index (χ3n) is 2.56. The monoisotopic (exact) mass is 227 g/mol. The molecule has 1 heterocycles. The van der Waals surface area contributed by atoms with E-state index in [0.29, 0.717) is 6.04 Å². The Labute approximate surface area is 96.5 Å². The number of rotatable bonds is 6. The number of thiazole rings is 1. The molecule has 86 valence electrons. The Morgan fingerprint density at radius 2 is 2.33 bits per heavy atom. The van der Waals surface area contributed by atoms with Crippen molar-refractivity contribution in [2.75, 3.05) is 25.5 Å². The van der Waals surface area contributed by atoms with E-state index in [1.165, 1.54) is 12.8 Å². The number of nitrogens with one attached hydrogen (secondary N) is 1. The van der Waals surface area contributed by atoms with Gasteiger partial charge in [0.1, 0.15) is 0 Å². The van der Waals surface area contributed by atoms with E-state index in [4.69, 9.17) is 0 Å². The Morgan fingerprint density at radius 1 is 1.60 bits per heavy atom. The first-order valence-corrected chi connectivity index (χ1v) is 6.40. The van der Waals surface area contributed by atoms with E-state index < -0.39 is 0 Å². The number of nitrogens with zero attached hydrogens (tertiary/aromatic N) is 2. The fourth-order valence-corrected chi connectivity index (χ4v) is 2.20. The maximum Gasteiger partial charge on any atom is 0.185 e. The van der Waals surface area contributed by atoms with E-state index in [-0.39, 0.29) is 0 Å². The molecular formula is C11H21N3S. The van der Waals surface area contributed by atoms with Gasteiger partial charge in [0.2, 0.25) is 0 Å². The minimum Gasteiger partial charge on any atom is -0.351 e. The Balaban J connectivity index is 2.58. The highest BCUT2D eigenvalue weighted by molar-refractivity contribution is 7.13. The number of hydrogen-bond acceptors (Lipinski definition) is 4. The summed E-state index contributed by atoms with van der Waals surface area (Å²) in [7, 11) is 4.08. The second kappa shape index (κ2) is 6.08. The van der Waals surface area contributed by atoms with Crippen molar-refractivity contribution in [3.05, 3.63) is 11.1 Å². The van der Waals surface area contributed by atoms with E-state index in [1.54, 1.807) is 11.3 Å². The lowest BCUT2D eigenvalue weighted by Gasteiger charge is -2.14. The molecule has 0 saturated carbocycles. The molecule has 0 bridgehead atoms. The molecule has 0 radical (unpaired) electrons. The number of hydrogen-bond donors (Lipinski definition) is 1. The lowest BCUT2D eigenvalue weighted by Crippen LogP contribution is -2.18. The zero-order valence-corrected chi connectivity index (χ0v) is 10.9. The molecule has 15 heavy (non-hydrogen) atoms. The van der Waals surface area contributed by atoms with Crippen molar-refractivity contribution in [2.45, 2.75) is 32.7 Å². The first-order chi connectivity index (χ1) is 7.19. The van der Waals surface area contributed by atoms with E-state index >= 15 is 0 Å². The zero-order chi connectivity index (χ0) is 11.3. The summed E-state index contributed by atoms with van der Waals surface area (Å²) >= 11 is 1.73. The predicted molar refractivity (Wildman–Crippen MR) is 67.8 cm³/mol. The first-order valence-electron chi connectivity index (χ1n) is 5.52. The van der Waals surface area contributed by atoms with Crippen molar-refractivity contribution in [1.29, 1.82) is 0 Å². The minimum atomic E-state index is 0.342. The minimum absolute atomic E-state index is 0.342. The molecule has 1 unspecified atom stereocenters. The highest BCUT2D eigenvalue weighted by Crippen LogP contribution is 2.23. The van der Waals surface area contributed by atoms with Crippen LogP contribution >= 0.6 is 11.3 Å². The van der Waals surface area contributed by atoms with Crippen LogP contribution in [0.3, 0.4) is 0 Å². The van der Waals surface area contributed by atoms with Gasteiger partial charge in [-0.2, -0.15) is 0 Å². The van der Waals surface area contributed by atoms with Crippen LogP contribution in [-0.2, 0) is 0 Å². The molecule has 0 spiro atoms. The summed E-state index contributed by atoms with van der Waals surface area (Å²) in [5.74, 6) is 0. The van der Waals surface area contributed by atoms with Crippen molar-refractivity contribution in [3.63, 3.8) is 0 Å². The van der Waals surface area contributed by atoms with Crippen LogP contribution in [0.25, 0.3) is 0 Å². The van der Waals surface area contributed by atoms with Crippen molar-refractivity contribution in [1.82, 2.24) is 10.3 Å². The van der Waals surface area contributed by atoms with Gasteiger partial charge in [0.05, 0.1) is 5.69 Å². The molecule has 0 aliphatic heterocycles. The SMILES string of the molecule is CCCCN(C)c1nc(C(C)NC)cs1. The van der Waals surface area contributed by atoms with Gasteiger partial charge in [-0.05, 0) is 20.4 Å². The highest BCUT2D eigenvalue weighted by atomic mass is 32.1. The fourth-order valence-electron chi connectivity index (χ4n) is 1.29. The van der Waals surface area contributed by atoms with Gasteiger partial charge in [0.25, 0.3) is 0 Å². The molecule has 0 aliphatic rings. The van der Waals surface area contributed by atoms with Crippen LogP contribution in [0.15, 0.2) is 5.38 Å². The third-order valence-corrected chi connectivity index (χ3v) is 3.53. The molecule has 0 amide bonds. The van der Waals surface area contributed by atoms with E-state index in [1.807, 2.05) is 7.05 Å². The predicted octanol–water partition coefficient (Wildman–Crippen LogP) is 2.66. The molecule has 1 N–H and O–H groups in total. The Morgan fingerprint density at radius 3 is 2.93 bits per heavy atom. The van der Waals surface area contributed by atoms with Crippen LogP contribution in [0, 0.1) is 0 Å². The quantitative estimate of drug-likeness (QED) is 0.810. The van der Waals surface area contributed by atoms with E-state index in [9.17, 15) is 0 Å². The molecule has 3 nitrogen and oxygen atoms in total. The van der Waals surface area contributed by atoms with Crippen molar-refractivity contribution >= 4 is 16.5 Å². The van der Waals surface area contributed by atoms with Gasteiger partial charge in [-0.3, -0.25) is 0 Å². The van der Waals surface area contributed by atoms with Crippen molar-refractivity contribution < 1.29 is 0 Å². The van der Waals surface area contributed by atoms with Crippen molar-refractivity contribution in [2.24, 2.45) is 0 Å². The summed E-state index contributed by atoms with van der Waals surface area (Å²) in [5.41, 5.74) is 1.14. The standard InChI is InChI=1S/C11H21N3S/c1-5-6-7-14(4)11-13-10(8-15-11)9(2)12-3/h8-9,12H,5-7H2,1-4H3. The van der Waals surface area contributed by atoms with Crippen LogP contribution in [0.1, 0.15) is 38.4 Å². The van der Waals surface area contributed by atoms with Gasteiger partial charge in [0.15, 0.2) is 5.13 Å². The van der Waals surface area contributed by atoms with Gasteiger partial charge in [-0.25, -0.2) is 4.98 Å². The molecule has 1 aromatic heterocycles. The lowest BCUT2D eigenvalue weighted by atomic mass is 10.3. The third kappa shape index (κ3) is 3.47. The summed E-state index contributed by atoms with van der Waals surface area (Å²) in [6.07, 6.45) is 2.46. The topological polar surface area (TPSA) is 28.2 Å². The Bertz CT molecular complexity index is 285. The second-order valence-corrected chi connectivity index (χ2v) is 4.68. The molecule has 0 aliphatic carbocycles. The Kier molecular flexibility index (Phi) is 5.05. The summed E-state index contributed by atoms with van der Waals surface area (Å²) in [4.78, 5) is 6.85. The average molecular weight is 227 g/mol. The smallest absolute Gasteiger partial charge is 0.185 e. The second-order valence-electron chi connectivity index (χ2n) is 3.84. The maximum atomic E-state index is 4.62.